The van der Waals surface area contributed by atoms with Gasteiger partial charge < -0.3 is 0 Å². The van der Waals surface area contributed by atoms with Gasteiger partial charge in [-0.2, -0.15) is 0 Å². The monoisotopic (exact) mass is 139 g/mol. The molecule has 1 aromatic rings. The van der Waals surface area contributed by atoms with Crippen molar-refractivity contribution in [3.05, 3.63) is 18.7 Å². The maximum Gasteiger partial charge on any atom is 0.244 e. The number of rotatable bonds is 3. The fourth-order valence-corrected chi connectivity index (χ4v) is 0.820. The summed E-state index contributed by atoms with van der Waals surface area (Å²) in [6.07, 6.45) is 6.63. The summed E-state index contributed by atoms with van der Waals surface area (Å²) in [5.74, 6) is 0. The number of hydrogen-bond acceptors (Lipinski definition) is 1. The van der Waals surface area contributed by atoms with E-state index in [1.165, 1.54) is 0 Å². The number of carbonyl (C=O) groups is 1. The van der Waals surface area contributed by atoms with Crippen molar-refractivity contribution in [2.24, 2.45) is 0 Å². The van der Waals surface area contributed by atoms with Gasteiger partial charge in [0.1, 0.15) is 18.9 Å². The van der Waals surface area contributed by atoms with Crippen LogP contribution in [0, 0.1) is 0 Å². The van der Waals surface area contributed by atoms with Crippen LogP contribution in [0.4, 0.5) is 0 Å². The van der Waals surface area contributed by atoms with E-state index in [0.29, 0.717) is 6.54 Å². The molecular formula is C7H11N2O+. The van der Waals surface area contributed by atoms with E-state index in [-0.39, 0.29) is 0 Å². The van der Waals surface area contributed by atoms with E-state index < -0.39 is 0 Å². The largest absolute Gasteiger partial charge is 0.299 e. The minimum atomic E-state index is 0.451. The zero-order valence-corrected chi connectivity index (χ0v) is 6.03. The number of aldehydes is 1. The second kappa shape index (κ2) is 3.15. The Balaban J connectivity index is 2.67. The molecule has 0 saturated heterocycles. The van der Waals surface area contributed by atoms with Gasteiger partial charge in [-0.15, -0.1) is 0 Å². The van der Waals surface area contributed by atoms with E-state index in [0.717, 1.165) is 12.8 Å². The fourth-order valence-electron chi connectivity index (χ4n) is 0.820. The molecule has 0 amide bonds. The van der Waals surface area contributed by atoms with Gasteiger partial charge in [-0.3, -0.25) is 4.79 Å². The van der Waals surface area contributed by atoms with Gasteiger partial charge in [0, 0.05) is 0 Å². The molecule has 0 aromatic carbocycles. The average molecular weight is 139 g/mol. The molecule has 1 rings (SSSR count). The molecule has 10 heavy (non-hydrogen) atoms. The molecule has 0 saturated carbocycles. The van der Waals surface area contributed by atoms with Gasteiger partial charge in [0.2, 0.25) is 6.33 Å². The van der Waals surface area contributed by atoms with Crippen LogP contribution in [-0.4, -0.2) is 10.9 Å². The maximum absolute atomic E-state index is 10.0. The molecule has 0 aliphatic rings. The van der Waals surface area contributed by atoms with Crippen LogP contribution in [-0.2, 0) is 17.9 Å². The Labute approximate surface area is 59.9 Å². The first kappa shape index (κ1) is 6.99. The van der Waals surface area contributed by atoms with Gasteiger partial charge in [0.15, 0.2) is 6.29 Å². The van der Waals surface area contributed by atoms with E-state index in [1.807, 2.05) is 27.9 Å². The molecule has 54 valence electrons. The lowest BCUT2D eigenvalue weighted by Gasteiger charge is -1.84. The summed E-state index contributed by atoms with van der Waals surface area (Å²) in [7, 11) is 0. The topological polar surface area (TPSA) is 25.9 Å². The van der Waals surface area contributed by atoms with Gasteiger partial charge >= 0.3 is 0 Å². The molecule has 3 nitrogen and oxygen atoms in total. The Hall–Kier alpha value is -1.12. The molecule has 0 atom stereocenters. The predicted molar refractivity (Wildman–Crippen MR) is 36.4 cm³/mol. The maximum atomic E-state index is 10.0. The molecule has 0 aliphatic carbocycles. The normalized spacial score (nSPS) is 9.70. The molecule has 0 bridgehead atoms. The number of carbonyl (C=O) groups excluding carboxylic acids is 1. The van der Waals surface area contributed by atoms with Gasteiger partial charge in [0.05, 0.1) is 6.54 Å². The van der Waals surface area contributed by atoms with E-state index >= 15 is 0 Å². The van der Waals surface area contributed by atoms with Crippen molar-refractivity contribution in [1.29, 1.82) is 0 Å². The Bertz CT molecular complexity index is 217. The molecule has 1 heterocycles. The number of imidazole rings is 1. The summed E-state index contributed by atoms with van der Waals surface area (Å²) in [6, 6.07) is 0. The Kier molecular flexibility index (Phi) is 2.20. The Morgan fingerprint density at radius 3 is 3.00 bits per heavy atom. The first-order valence-corrected chi connectivity index (χ1v) is 3.35. The first-order chi connectivity index (χ1) is 4.86. The summed E-state index contributed by atoms with van der Waals surface area (Å²) < 4.78 is 3.86. The lowest BCUT2D eigenvalue weighted by Crippen LogP contribution is -2.31. The van der Waals surface area contributed by atoms with Crippen LogP contribution in [0.5, 0.6) is 0 Å². The fraction of sp³-hybridized carbons (Fsp3) is 0.429. The third kappa shape index (κ3) is 1.43. The van der Waals surface area contributed by atoms with E-state index in [9.17, 15) is 4.79 Å². The molecule has 0 fully saturated rings. The molecule has 0 aliphatic heterocycles. The number of aromatic nitrogens is 2. The highest BCUT2D eigenvalue weighted by atomic mass is 16.1. The van der Waals surface area contributed by atoms with Crippen molar-refractivity contribution < 1.29 is 9.36 Å². The van der Waals surface area contributed by atoms with Crippen LogP contribution in [0.3, 0.4) is 0 Å². The number of aryl methyl sites for hydroxylation is 1. The van der Waals surface area contributed by atoms with Crippen molar-refractivity contribution in [1.82, 2.24) is 4.57 Å². The third-order valence-corrected chi connectivity index (χ3v) is 1.40. The number of nitrogens with zero attached hydrogens (tertiary/aromatic N) is 2. The second-order valence-electron chi connectivity index (χ2n) is 2.11. The van der Waals surface area contributed by atoms with Gasteiger partial charge in [-0.25, -0.2) is 9.13 Å². The SMILES string of the molecule is CCn1cc[n+](CC=O)c1. The third-order valence-electron chi connectivity index (χ3n) is 1.40. The van der Waals surface area contributed by atoms with Crippen molar-refractivity contribution in [2.45, 2.75) is 20.0 Å². The summed E-state index contributed by atoms with van der Waals surface area (Å²) >= 11 is 0. The van der Waals surface area contributed by atoms with E-state index in [1.54, 1.807) is 0 Å². The lowest BCUT2D eigenvalue weighted by atomic mass is 10.7. The van der Waals surface area contributed by atoms with Crippen molar-refractivity contribution in [2.75, 3.05) is 0 Å². The molecule has 0 unspecified atom stereocenters. The highest BCUT2D eigenvalue weighted by molar-refractivity contribution is 5.46. The summed E-state index contributed by atoms with van der Waals surface area (Å²) in [5.41, 5.74) is 0. The summed E-state index contributed by atoms with van der Waals surface area (Å²) in [5, 5.41) is 0. The van der Waals surface area contributed by atoms with Crippen LogP contribution in [0.25, 0.3) is 0 Å². The first-order valence-electron chi connectivity index (χ1n) is 3.35. The van der Waals surface area contributed by atoms with Crippen LogP contribution < -0.4 is 4.57 Å². The Morgan fingerprint density at radius 2 is 2.50 bits per heavy atom. The highest BCUT2D eigenvalue weighted by Crippen LogP contribution is 1.81. The van der Waals surface area contributed by atoms with Crippen LogP contribution >= 0.6 is 0 Å². The quantitative estimate of drug-likeness (QED) is 0.427. The van der Waals surface area contributed by atoms with Crippen molar-refractivity contribution in [3.63, 3.8) is 0 Å². The lowest BCUT2D eigenvalue weighted by molar-refractivity contribution is -0.682. The predicted octanol–water partition coefficient (Wildman–Crippen LogP) is -0.00560. The molecular weight excluding hydrogens is 128 g/mol. The summed E-state index contributed by atoms with van der Waals surface area (Å²) in [6.45, 7) is 3.46. The smallest absolute Gasteiger partial charge is 0.244 e. The zero-order valence-electron chi connectivity index (χ0n) is 6.03. The van der Waals surface area contributed by atoms with Crippen molar-refractivity contribution >= 4 is 6.29 Å². The van der Waals surface area contributed by atoms with E-state index in [2.05, 4.69) is 6.92 Å². The minimum Gasteiger partial charge on any atom is -0.299 e. The van der Waals surface area contributed by atoms with Crippen LogP contribution in [0.2, 0.25) is 0 Å². The van der Waals surface area contributed by atoms with Crippen LogP contribution in [0.15, 0.2) is 18.7 Å². The average Bonchev–Trinajstić information content (AvgIpc) is 2.37. The Morgan fingerprint density at radius 1 is 1.70 bits per heavy atom. The second-order valence-corrected chi connectivity index (χ2v) is 2.11. The standard InChI is InChI=1S/C7H11N2O/c1-2-8-3-4-9(7-8)5-6-10/h3-4,6-7H,2,5H2,1H3/q+1. The van der Waals surface area contributed by atoms with Crippen LogP contribution in [0.1, 0.15) is 6.92 Å². The number of hydrogen-bond donors (Lipinski definition) is 0. The van der Waals surface area contributed by atoms with E-state index in [4.69, 9.17) is 0 Å². The zero-order chi connectivity index (χ0) is 7.40. The molecule has 0 spiro atoms. The highest BCUT2D eigenvalue weighted by Gasteiger charge is 1.98. The summed E-state index contributed by atoms with van der Waals surface area (Å²) in [4.78, 5) is 10.0. The van der Waals surface area contributed by atoms with Crippen molar-refractivity contribution in [3.8, 4) is 0 Å². The molecule has 3 heteroatoms. The molecule has 0 radical (unpaired) electrons. The van der Waals surface area contributed by atoms with Gasteiger partial charge in [0.25, 0.3) is 0 Å². The van der Waals surface area contributed by atoms with Gasteiger partial charge in [-0.1, -0.05) is 0 Å². The molecule has 1 aromatic heterocycles. The van der Waals surface area contributed by atoms with Gasteiger partial charge in [-0.05, 0) is 6.92 Å². The molecule has 0 N–H and O–H groups in total. The minimum absolute atomic E-state index is 0.451.